The van der Waals surface area contributed by atoms with Crippen LogP contribution in [0, 0.1) is 0 Å². The van der Waals surface area contributed by atoms with Gasteiger partial charge in [-0.1, -0.05) is 23.2 Å². The highest BCUT2D eigenvalue weighted by Gasteiger charge is 2.16. The van der Waals surface area contributed by atoms with Crippen LogP contribution in [0.5, 0.6) is 11.5 Å². The molecule has 0 amide bonds. The molecule has 2 aromatic carbocycles. The van der Waals surface area contributed by atoms with Crippen LogP contribution in [0.2, 0.25) is 10.0 Å². The molecule has 0 saturated carbocycles. The molecule has 0 saturated heterocycles. The molecular weight excluding hydrogens is 377 g/mol. The van der Waals surface area contributed by atoms with Gasteiger partial charge in [-0.3, -0.25) is 0 Å². The van der Waals surface area contributed by atoms with Gasteiger partial charge in [0.2, 0.25) is 0 Å². The van der Waals surface area contributed by atoms with Crippen molar-refractivity contribution in [3.8, 4) is 11.5 Å². The van der Waals surface area contributed by atoms with Gasteiger partial charge in [0, 0.05) is 11.6 Å². The molecule has 0 aliphatic carbocycles. The number of ether oxygens (including phenoxy) is 2. The van der Waals surface area contributed by atoms with E-state index in [1.54, 1.807) is 12.1 Å². The van der Waals surface area contributed by atoms with Gasteiger partial charge >= 0.3 is 0 Å². The predicted molar refractivity (Wildman–Crippen MR) is 88.9 cm³/mol. The summed E-state index contributed by atoms with van der Waals surface area (Å²) >= 11 is 15.5. The van der Waals surface area contributed by atoms with E-state index in [-0.39, 0.29) is 0 Å². The highest BCUT2D eigenvalue weighted by molar-refractivity contribution is 9.10. The van der Waals surface area contributed by atoms with E-state index in [0.717, 1.165) is 27.2 Å². The van der Waals surface area contributed by atoms with Gasteiger partial charge in [0.1, 0.15) is 13.2 Å². The molecule has 2 aromatic rings. The van der Waals surface area contributed by atoms with Crippen LogP contribution in [-0.2, 0) is 6.54 Å². The van der Waals surface area contributed by atoms with E-state index in [1.807, 2.05) is 18.2 Å². The Morgan fingerprint density at radius 3 is 2.71 bits per heavy atom. The smallest absolute Gasteiger partial charge is 0.175 e. The summed E-state index contributed by atoms with van der Waals surface area (Å²) in [7, 11) is 0. The molecule has 3 nitrogen and oxygen atoms in total. The first-order valence-corrected chi connectivity index (χ1v) is 7.95. The summed E-state index contributed by atoms with van der Waals surface area (Å²) in [5.41, 5.74) is 1.91. The largest absolute Gasteiger partial charge is 0.486 e. The minimum absolute atomic E-state index is 0.569. The van der Waals surface area contributed by atoms with E-state index < -0.39 is 0 Å². The molecule has 0 unspecified atom stereocenters. The Labute approximate surface area is 141 Å². The van der Waals surface area contributed by atoms with Crippen LogP contribution < -0.4 is 14.8 Å². The first-order valence-electron chi connectivity index (χ1n) is 6.40. The highest BCUT2D eigenvalue weighted by atomic mass is 79.9. The van der Waals surface area contributed by atoms with Gasteiger partial charge < -0.3 is 14.8 Å². The lowest BCUT2D eigenvalue weighted by Gasteiger charge is -2.20. The summed E-state index contributed by atoms with van der Waals surface area (Å²) in [5.74, 6) is 1.52. The molecule has 110 valence electrons. The molecule has 1 heterocycles. The summed E-state index contributed by atoms with van der Waals surface area (Å²) in [5, 5.41) is 4.50. The minimum atomic E-state index is 0.569. The number of hydrogen-bond donors (Lipinski definition) is 1. The van der Waals surface area contributed by atoms with Gasteiger partial charge in [-0.2, -0.15) is 0 Å². The first kappa shape index (κ1) is 14.8. The van der Waals surface area contributed by atoms with Gasteiger partial charge in [0.15, 0.2) is 11.5 Å². The Kier molecular flexibility index (Phi) is 4.48. The molecule has 0 bridgehead atoms. The summed E-state index contributed by atoms with van der Waals surface area (Å²) in [6.45, 7) is 1.76. The Morgan fingerprint density at radius 2 is 1.90 bits per heavy atom. The van der Waals surface area contributed by atoms with Crippen molar-refractivity contribution in [3.05, 3.63) is 50.4 Å². The molecule has 1 aliphatic heterocycles. The van der Waals surface area contributed by atoms with Crippen molar-refractivity contribution in [2.75, 3.05) is 18.5 Å². The van der Waals surface area contributed by atoms with Gasteiger partial charge in [0.05, 0.1) is 15.2 Å². The molecule has 6 heteroatoms. The number of benzene rings is 2. The van der Waals surface area contributed by atoms with Gasteiger partial charge in [0.25, 0.3) is 0 Å². The first-order chi connectivity index (χ1) is 10.1. The van der Waals surface area contributed by atoms with Crippen LogP contribution in [0.25, 0.3) is 0 Å². The third-order valence-corrected chi connectivity index (χ3v) is 4.21. The fourth-order valence-electron chi connectivity index (χ4n) is 2.10. The van der Waals surface area contributed by atoms with Crippen LogP contribution in [0.15, 0.2) is 34.8 Å². The average molecular weight is 389 g/mol. The molecule has 0 fully saturated rings. The molecule has 1 N–H and O–H groups in total. The topological polar surface area (TPSA) is 30.5 Å². The van der Waals surface area contributed by atoms with Gasteiger partial charge in [-0.15, -0.1) is 0 Å². The van der Waals surface area contributed by atoms with E-state index >= 15 is 0 Å². The lowest BCUT2D eigenvalue weighted by Crippen LogP contribution is -2.16. The number of halogens is 3. The number of anilines is 1. The zero-order valence-corrected chi connectivity index (χ0v) is 14.1. The fraction of sp³-hybridized carbons (Fsp3) is 0.200. The van der Waals surface area contributed by atoms with Crippen molar-refractivity contribution in [1.82, 2.24) is 0 Å². The lowest BCUT2D eigenvalue weighted by atomic mass is 10.2. The molecule has 0 spiro atoms. The van der Waals surface area contributed by atoms with Crippen LogP contribution >= 0.6 is 39.1 Å². The molecular formula is C15H12BrCl2NO2. The average Bonchev–Trinajstić information content (AvgIpc) is 2.46. The van der Waals surface area contributed by atoms with E-state index in [9.17, 15) is 0 Å². The molecule has 0 atom stereocenters. The Bertz CT molecular complexity index is 679. The van der Waals surface area contributed by atoms with E-state index in [0.29, 0.717) is 29.8 Å². The maximum Gasteiger partial charge on any atom is 0.175 e. The monoisotopic (exact) mass is 387 g/mol. The molecule has 1 aliphatic rings. The van der Waals surface area contributed by atoms with Gasteiger partial charge in [-0.05, 0) is 51.8 Å². The third-order valence-electron chi connectivity index (χ3n) is 3.07. The maximum atomic E-state index is 6.14. The second-order valence-electron chi connectivity index (χ2n) is 4.58. The third kappa shape index (κ3) is 3.39. The summed E-state index contributed by atoms with van der Waals surface area (Å²) < 4.78 is 12.1. The number of nitrogens with one attached hydrogen (secondary N) is 1. The Morgan fingerprint density at radius 1 is 1.10 bits per heavy atom. The van der Waals surface area contributed by atoms with Crippen LogP contribution in [0.4, 0.5) is 5.69 Å². The Hall–Kier alpha value is -1.10. The maximum absolute atomic E-state index is 6.14. The number of fused-ring (bicyclic) bond motifs is 1. The molecule has 0 radical (unpaired) electrons. The van der Waals surface area contributed by atoms with E-state index in [2.05, 4.69) is 21.2 Å². The van der Waals surface area contributed by atoms with Gasteiger partial charge in [-0.25, -0.2) is 0 Å². The molecule has 0 aromatic heterocycles. The highest BCUT2D eigenvalue weighted by Crippen LogP contribution is 2.38. The summed E-state index contributed by atoms with van der Waals surface area (Å²) in [6, 6.07) is 9.35. The van der Waals surface area contributed by atoms with Crippen LogP contribution in [-0.4, -0.2) is 13.2 Å². The normalized spacial score (nSPS) is 13.1. The van der Waals surface area contributed by atoms with E-state index in [1.165, 1.54) is 0 Å². The zero-order chi connectivity index (χ0) is 14.8. The SMILES string of the molecule is Clc1ccc(NCc2cc(Br)c3c(c2)OCCO3)c(Cl)c1. The fourth-order valence-corrected chi connectivity index (χ4v) is 3.18. The second kappa shape index (κ2) is 6.34. The Balaban J connectivity index is 1.77. The van der Waals surface area contributed by atoms with E-state index in [4.69, 9.17) is 32.7 Å². The lowest BCUT2D eigenvalue weighted by molar-refractivity contribution is 0.170. The van der Waals surface area contributed by atoms with Crippen molar-refractivity contribution in [1.29, 1.82) is 0 Å². The second-order valence-corrected chi connectivity index (χ2v) is 6.28. The van der Waals surface area contributed by atoms with Crippen molar-refractivity contribution in [2.24, 2.45) is 0 Å². The van der Waals surface area contributed by atoms with Crippen LogP contribution in [0.1, 0.15) is 5.56 Å². The van der Waals surface area contributed by atoms with Crippen molar-refractivity contribution < 1.29 is 9.47 Å². The predicted octanol–water partition coefficient (Wildman–Crippen LogP) is 5.14. The molecule has 21 heavy (non-hydrogen) atoms. The molecule has 3 rings (SSSR count). The quantitative estimate of drug-likeness (QED) is 0.789. The van der Waals surface area contributed by atoms with Crippen molar-refractivity contribution in [3.63, 3.8) is 0 Å². The summed E-state index contributed by atoms with van der Waals surface area (Å²) in [6.07, 6.45) is 0. The number of hydrogen-bond acceptors (Lipinski definition) is 3. The van der Waals surface area contributed by atoms with Crippen LogP contribution in [0.3, 0.4) is 0 Å². The summed E-state index contributed by atoms with van der Waals surface area (Å²) in [4.78, 5) is 0. The number of rotatable bonds is 3. The zero-order valence-electron chi connectivity index (χ0n) is 11.0. The van der Waals surface area contributed by atoms with Crippen molar-refractivity contribution in [2.45, 2.75) is 6.54 Å². The van der Waals surface area contributed by atoms with Crippen molar-refractivity contribution >= 4 is 44.8 Å². The standard InChI is InChI=1S/C15H12BrCl2NO2/c16-11-5-9(6-14-15(11)21-4-3-20-14)8-19-13-2-1-10(17)7-12(13)18/h1-2,5-7,19H,3-4,8H2. The minimum Gasteiger partial charge on any atom is -0.486 e.